The van der Waals surface area contributed by atoms with E-state index in [-0.39, 0.29) is 17.9 Å². The Morgan fingerprint density at radius 1 is 1.50 bits per heavy atom. The first-order valence-corrected chi connectivity index (χ1v) is 7.60. The smallest absolute Gasteiger partial charge is 0.407 e. The summed E-state index contributed by atoms with van der Waals surface area (Å²) in [5.74, 6) is 0.701. The summed E-state index contributed by atoms with van der Waals surface area (Å²) in [6.07, 6.45) is 2.99. The lowest BCUT2D eigenvalue weighted by atomic mass is 10.0. The first kappa shape index (κ1) is 16.3. The van der Waals surface area contributed by atoms with Crippen molar-refractivity contribution < 1.29 is 14.3 Å². The zero-order chi connectivity index (χ0) is 16.3. The molecule has 0 aromatic carbocycles. The molecule has 2 heterocycles. The number of carbonyl (C=O) groups is 2. The second kappa shape index (κ2) is 6.81. The number of methoxy groups -OCH3 is 1. The van der Waals surface area contributed by atoms with E-state index in [0.29, 0.717) is 6.54 Å². The molecule has 1 saturated heterocycles. The number of H-pyrrole nitrogens is 1. The Morgan fingerprint density at radius 3 is 2.77 bits per heavy atom. The molecule has 0 spiro atoms. The third-order valence-corrected chi connectivity index (χ3v) is 3.97. The van der Waals surface area contributed by atoms with Crippen LogP contribution in [0.15, 0.2) is 6.20 Å². The maximum absolute atomic E-state index is 12.8. The standard InChI is InChI=1S/C15H24N4O3/c1-9(2)12(18-15(21)22-4)14(20)19-7-5-6-11(19)13-16-8-10(3)17-13/h8-9,11-12H,5-7H2,1-4H3,(H,16,17)(H,18,21)/t11?,12-/m0/s1. The second-order valence-electron chi connectivity index (χ2n) is 6.00. The Morgan fingerprint density at radius 2 is 2.23 bits per heavy atom. The van der Waals surface area contributed by atoms with Crippen LogP contribution in [0.1, 0.15) is 44.2 Å². The predicted molar refractivity (Wildman–Crippen MR) is 81.2 cm³/mol. The van der Waals surface area contributed by atoms with Crippen LogP contribution in [0.2, 0.25) is 0 Å². The van der Waals surface area contributed by atoms with E-state index in [4.69, 9.17) is 0 Å². The van der Waals surface area contributed by atoms with Gasteiger partial charge in [0.15, 0.2) is 0 Å². The molecule has 1 aliphatic heterocycles. The van der Waals surface area contributed by atoms with Crippen LogP contribution in [-0.2, 0) is 9.53 Å². The van der Waals surface area contributed by atoms with Crippen LogP contribution in [0.3, 0.4) is 0 Å². The summed E-state index contributed by atoms with van der Waals surface area (Å²) in [6, 6.07) is -0.647. The number of imidazole rings is 1. The molecule has 0 aliphatic carbocycles. The Balaban J connectivity index is 2.16. The monoisotopic (exact) mass is 308 g/mol. The van der Waals surface area contributed by atoms with Crippen molar-refractivity contribution in [2.75, 3.05) is 13.7 Å². The minimum absolute atomic E-state index is 0.0220. The summed E-state index contributed by atoms with van der Waals surface area (Å²) >= 11 is 0. The van der Waals surface area contributed by atoms with Gasteiger partial charge in [-0.15, -0.1) is 0 Å². The van der Waals surface area contributed by atoms with Crippen LogP contribution >= 0.6 is 0 Å². The number of likely N-dealkylation sites (tertiary alicyclic amines) is 1. The minimum Gasteiger partial charge on any atom is -0.453 e. The Labute approximate surface area is 130 Å². The Bertz CT molecular complexity index is 541. The number of aromatic amines is 1. The van der Waals surface area contributed by atoms with Crippen LogP contribution in [0.4, 0.5) is 4.79 Å². The lowest BCUT2D eigenvalue weighted by Crippen LogP contribution is -2.51. The number of hydrogen-bond donors (Lipinski definition) is 2. The van der Waals surface area contributed by atoms with Gasteiger partial charge in [-0.1, -0.05) is 13.8 Å². The molecule has 1 aromatic rings. The van der Waals surface area contributed by atoms with Gasteiger partial charge in [-0.25, -0.2) is 9.78 Å². The molecular formula is C15H24N4O3. The van der Waals surface area contributed by atoms with E-state index < -0.39 is 12.1 Å². The number of aromatic nitrogens is 2. The number of aryl methyl sites for hydroxylation is 1. The van der Waals surface area contributed by atoms with Crippen molar-refractivity contribution in [1.82, 2.24) is 20.2 Å². The lowest BCUT2D eigenvalue weighted by Gasteiger charge is -2.29. The largest absolute Gasteiger partial charge is 0.453 e. The molecule has 1 aliphatic rings. The number of alkyl carbamates (subject to hydrolysis) is 1. The minimum atomic E-state index is -0.593. The first-order valence-electron chi connectivity index (χ1n) is 7.60. The number of ether oxygens (including phenoxy) is 1. The van der Waals surface area contributed by atoms with Gasteiger partial charge in [-0.2, -0.15) is 0 Å². The van der Waals surface area contributed by atoms with Crippen molar-refractivity contribution >= 4 is 12.0 Å². The highest BCUT2D eigenvalue weighted by molar-refractivity contribution is 5.86. The molecule has 7 heteroatoms. The molecule has 122 valence electrons. The molecular weight excluding hydrogens is 284 g/mol. The molecule has 0 saturated carbocycles. The van der Waals surface area contributed by atoms with Crippen LogP contribution in [0.25, 0.3) is 0 Å². The zero-order valence-electron chi connectivity index (χ0n) is 13.5. The van der Waals surface area contributed by atoms with E-state index in [0.717, 1.165) is 24.4 Å². The van der Waals surface area contributed by atoms with Crippen LogP contribution in [-0.4, -0.2) is 46.6 Å². The third-order valence-electron chi connectivity index (χ3n) is 3.97. The molecule has 7 nitrogen and oxygen atoms in total. The highest BCUT2D eigenvalue weighted by atomic mass is 16.5. The summed E-state index contributed by atoms with van der Waals surface area (Å²) in [5.41, 5.74) is 0.974. The highest BCUT2D eigenvalue weighted by Crippen LogP contribution is 2.31. The molecule has 22 heavy (non-hydrogen) atoms. The summed E-state index contributed by atoms with van der Waals surface area (Å²) in [4.78, 5) is 33.7. The van der Waals surface area contributed by atoms with Crippen molar-refractivity contribution in [3.05, 3.63) is 17.7 Å². The average Bonchev–Trinajstić information content (AvgIpc) is 3.11. The maximum Gasteiger partial charge on any atom is 0.407 e. The molecule has 2 amide bonds. The predicted octanol–water partition coefficient (Wildman–Crippen LogP) is 1.76. The van der Waals surface area contributed by atoms with Gasteiger partial charge in [0.1, 0.15) is 11.9 Å². The third kappa shape index (κ3) is 3.40. The van der Waals surface area contributed by atoms with Crippen molar-refractivity contribution in [1.29, 1.82) is 0 Å². The average molecular weight is 308 g/mol. The highest BCUT2D eigenvalue weighted by Gasteiger charge is 2.37. The van der Waals surface area contributed by atoms with Crippen molar-refractivity contribution in [2.24, 2.45) is 5.92 Å². The number of rotatable bonds is 4. The van der Waals surface area contributed by atoms with Crippen molar-refractivity contribution in [3.63, 3.8) is 0 Å². The first-order chi connectivity index (χ1) is 10.4. The fourth-order valence-corrected chi connectivity index (χ4v) is 2.80. The van der Waals surface area contributed by atoms with E-state index in [1.165, 1.54) is 7.11 Å². The van der Waals surface area contributed by atoms with E-state index in [1.54, 1.807) is 11.1 Å². The summed E-state index contributed by atoms with van der Waals surface area (Å²) in [7, 11) is 1.29. The van der Waals surface area contributed by atoms with Crippen LogP contribution in [0.5, 0.6) is 0 Å². The Kier molecular flexibility index (Phi) is 5.05. The normalized spacial score (nSPS) is 19.3. The summed E-state index contributed by atoms with van der Waals surface area (Å²) < 4.78 is 4.62. The quantitative estimate of drug-likeness (QED) is 0.887. The maximum atomic E-state index is 12.8. The topological polar surface area (TPSA) is 87.3 Å². The molecule has 1 unspecified atom stereocenters. The van der Waals surface area contributed by atoms with Crippen molar-refractivity contribution in [2.45, 2.75) is 45.7 Å². The van der Waals surface area contributed by atoms with Gasteiger partial charge in [0.25, 0.3) is 0 Å². The van der Waals surface area contributed by atoms with Crippen molar-refractivity contribution in [3.8, 4) is 0 Å². The number of amides is 2. The van der Waals surface area contributed by atoms with Crippen LogP contribution < -0.4 is 5.32 Å². The number of hydrogen-bond acceptors (Lipinski definition) is 4. The molecule has 0 bridgehead atoms. The van der Waals surface area contributed by atoms with E-state index in [2.05, 4.69) is 20.0 Å². The molecule has 0 radical (unpaired) electrons. The van der Waals surface area contributed by atoms with Gasteiger partial charge in [0.2, 0.25) is 5.91 Å². The summed E-state index contributed by atoms with van der Waals surface area (Å²) in [5, 5.41) is 2.64. The zero-order valence-corrected chi connectivity index (χ0v) is 13.5. The van der Waals surface area contributed by atoms with E-state index >= 15 is 0 Å². The molecule has 2 N–H and O–H groups in total. The van der Waals surface area contributed by atoms with E-state index in [9.17, 15) is 9.59 Å². The second-order valence-corrected chi connectivity index (χ2v) is 6.00. The molecule has 2 rings (SSSR count). The van der Waals surface area contributed by atoms with Gasteiger partial charge < -0.3 is 19.9 Å². The molecule has 1 fully saturated rings. The molecule has 1 aromatic heterocycles. The van der Waals surface area contributed by atoms with Gasteiger partial charge in [0.05, 0.1) is 13.2 Å². The van der Waals surface area contributed by atoms with Gasteiger partial charge >= 0.3 is 6.09 Å². The SMILES string of the molecule is COC(=O)N[C@H](C(=O)N1CCCC1c1ncc(C)[nH]1)C(C)C. The number of nitrogens with zero attached hydrogens (tertiary/aromatic N) is 2. The number of nitrogens with one attached hydrogen (secondary N) is 2. The number of carbonyl (C=O) groups excluding carboxylic acids is 2. The summed E-state index contributed by atoms with van der Waals surface area (Å²) in [6.45, 7) is 6.42. The van der Waals surface area contributed by atoms with E-state index in [1.807, 2.05) is 20.8 Å². The fourth-order valence-electron chi connectivity index (χ4n) is 2.80. The fraction of sp³-hybridized carbons (Fsp3) is 0.667. The van der Waals surface area contributed by atoms with Gasteiger partial charge in [0, 0.05) is 18.4 Å². The lowest BCUT2D eigenvalue weighted by molar-refractivity contribution is -0.135. The Hall–Kier alpha value is -2.05. The van der Waals surface area contributed by atoms with Crippen LogP contribution in [0, 0.1) is 12.8 Å². The molecule has 2 atom stereocenters. The van der Waals surface area contributed by atoms with Gasteiger partial charge in [-0.3, -0.25) is 4.79 Å². The van der Waals surface area contributed by atoms with Gasteiger partial charge in [-0.05, 0) is 25.7 Å².